The number of ether oxygens (including phenoxy) is 1. The van der Waals surface area contributed by atoms with Crippen LogP contribution in [0, 0.1) is 5.82 Å². The first-order valence-electron chi connectivity index (χ1n) is 7.37. The molecule has 0 saturated carbocycles. The van der Waals surface area contributed by atoms with E-state index in [1.165, 1.54) is 23.9 Å². The van der Waals surface area contributed by atoms with Crippen LogP contribution in [-0.4, -0.2) is 44.6 Å². The molecule has 7 nitrogen and oxygen atoms in total. The Labute approximate surface area is 150 Å². The van der Waals surface area contributed by atoms with Gasteiger partial charge in [-0.2, -0.15) is 0 Å². The third kappa shape index (κ3) is 4.52. The fourth-order valence-corrected chi connectivity index (χ4v) is 3.32. The van der Waals surface area contributed by atoms with Crippen LogP contribution in [0.4, 0.5) is 10.1 Å². The van der Waals surface area contributed by atoms with Crippen LogP contribution in [0.15, 0.2) is 27.8 Å². The number of aromatic nitrogens is 4. The average molecular weight is 416 g/mol. The average Bonchev–Trinajstić information content (AvgIpc) is 3.20. The third-order valence-electron chi connectivity index (χ3n) is 3.44. The second-order valence-electron chi connectivity index (χ2n) is 5.24. The van der Waals surface area contributed by atoms with Gasteiger partial charge < -0.3 is 10.1 Å². The Morgan fingerprint density at radius 3 is 3.17 bits per heavy atom. The number of halogens is 2. The van der Waals surface area contributed by atoms with Gasteiger partial charge in [-0.05, 0) is 41.5 Å². The van der Waals surface area contributed by atoms with Crippen LogP contribution < -0.4 is 5.32 Å². The minimum Gasteiger partial charge on any atom is -0.376 e. The molecule has 1 amide bonds. The molecule has 3 rings (SSSR count). The number of nitrogens with one attached hydrogen (secondary N) is 1. The molecule has 10 heteroatoms. The van der Waals surface area contributed by atoms with E-state index in [0.29, 0.717) is 16.2 Å². The van der Waals surface area contributed by atoms with Gasteiger partial charge in [0.25, 0.3) is 0 Å². The summed E-state index contributed by atoms with van der Waals surface area (Å²) in [6.45, 7) is 1.33. The lowest BCUT2D eigenvalue weighted by molar-refractivity contribution is -0.113. The predicted octanol–water partition coefficient (Wildman–Crippen LogP) is 2.48. The lowest BCUT2D eigenvalue weighted by atomic mass is 10.2. The molecule has 1 saturated heterocycles. The van der Waals surface area contributed by atoms with Gasteiger partial charge in [-0.1, -0.05) is 27.7 Å². The largest absolute Gasteiger partial charge is 0.376 e. The van der Waals surface area contributed by atoms with Crippen LogP contribution in [0.5, 0.6) is 0 Å². The van der Waals surface area contributed by atoms with E-state index in [2.05, 4.69) is 36.8 Å². The van der Waals surface area contributed by atoms with Crippen molar-refractivity contribution in [3.8, 4) is 0 Å². The molecule has 1 unspecified atom stereocenters. The van der Waals surface area contributed by atoms with E-state index in [0.717, 1.165) is 19.4 Å². The Balaban J connectivity index is 1.53. The van der Waals surface area contributed by atoms with Crippen molar-refractivity contribution >= 4 is 39.3 Å². The Morgan fingerprint density at radius 2 is 2.42 bits per heavy atom. The number of anilines is 1. The van der Waals surface area contributed by atoms with Gasteiger partial charge in [0.15, 0.2) is 0 Å². The quantitative estimate of drug-likeness (QED) is 0.729. The van der Waals surface area contributed by atoms with Crippen molar-refractivity contribution in [3.05, 3.63) is 28.5 Å². The first-order chi connectivity index (χ1) is 11.6. The smallest absolute Gasteiger partial charge is 0.234 e. The summed E-state index contributed by atoms with van der Waals surface area (Å²) in [6.07, 6.45) is 2.13. The molecule has 1 aliphatic heterocycles. The highest BCUT2D eigenvalue weighted by molar-refractivity contribution is 9.10. The van der Waals surface area contributed by atoms with Gasteiger partial charge in [0.1, 0.15) is 5.82 Å². The Kier molecular flexibility index (Phi) is 5.80. The number of amides is 1. The first-order valence-corrected chi connectivity index (χ1v) is 9.15. The predicted molar refractivity (Wildman–Crippen MR) is 90.2 cm³/mol. The fourth-order valence-electron chi connectivity index (χ4n) is 2.30. The first kappa shape index (κ1) is 17.3. The summed E-state index contributed by atoms with van der Waals surface area (Å²) >= 11 is 4.37. The number of hydrogen-bond donors (Lipinski definition) is 1. The minimum atomic E-state index is -0.494. The molecule has 2 heterocycles. The summed E-state index contributed by atoms with van der Waals surface area (Å²) in [4.78, 5) is 12.0. The van der Waals surface area contributed by atoms with Gasteiger partial charge in [0.05, 0.1) is 24.1 Å². The molecule has 1 fully saturated rings. The van der Waals surface area contributed by atoms with Crippen LogP contribution in [-0.2, 0) is 16.1 Å². The highest BCUT2D eigenvalue weighted by Gasteiger charge is 2.19. The van der Waals surface area contributed by atoms with Crippen LogP contribution in [0.3, 0.4) is 0 Å². The summed E-state index contributed by atoms with van der Waals surface area (Å²) in [5.41, 5.74) is 0.141. The number of nitrogens with zero attached hydrogens (tertiary/aromatic N) is 4. The minimum absolute atomic E-state index is 0.0847. The molecule has 1 aromatic heterocycles. The van der Waals surface area contributed by atoms with Gasteiger partial charge in [-0.3, -0.25) is 4.79 Å². The number of thioether (sulfide) groups is 1. The highest BCUT2D eigenvalue weighted by Crippen LogP contribution is 2.21. The van der Waals surface area contributed by atoms with Gasteiger partial charge in [0, 0.05) is 11.1 Å². The lowest BCUT2D eigenvalue weighted by Gasteiger charge is -2.10. The molecule has 1 aliphatic rings. The lowest BCUT2D eigenvalue weighted by Crippen LogP contribution is -2.18. The van der Waals surface area contributed by atoms with Crippen LogP contribution >= 0.6 is 27.7 Å². The second kappa shape index (κ2) is 8.04. The summed E-state index contributed by atoms with van der Waals surface area (Å²) in [5.74, 6) is -0.736. The molecule has 1 N–H and O–H groups in total. The normalized spacial score (nSPS) is 17.2. The van der Waals surface area contributed by atoms with Crippen molar-refractivity contribution < 1.29 is 13.9 Å². The van der Waals surface area contributed by atoms with Crippen molar-refractivity contribution in [3.63, 3.8) is 0 Å². The molecule has 1 atom stereocenters. The standard InChI is InChI=1S/C14H15BrFN5O2S/c15-9-3-4-12(11(16)6-9)17-13(22)8-24-14-18-19-20-21(14)7-10-2-1-5-23-10/h3-4,6,10H,1-2,5,7-8H2,(H,17,22). The van der Waals surface area contributed by atoms with Gasteiger partial charge in [-0.25, -0.2) is 9.07 Å². The molecular formula is C14H15BrFN5O2S. The molecule has 0 bridgehead atoms. The summed E-state index contributed by atoms with van der Waals surface area (Å²) in [6, 6.07) is 4.46. The van der Waals surface area contributed by atoms with Crippen molar-refractivity contribution in [1.29, 1.82) is 0 Å². The van der Waals surface area contributed by atoms with E-state index in [4.69, 9.17) is 4.74 Å². The van der Waals surface area contributed by atoms with E-state index >= 15 is 0 Å². The highest BCUT2D eigenvalue weighted by atomic mass is 79.9. The molecule has 24 heavy (non-hydrogen) atoms. The zero-order chi connectivity index (χ0) is 16.9. The second-order valence-corrected chi connectivity index (χ2v) is 7.10. The molecule has 1 aromatic carbocycles. The van der Waals surface area contributed by atoms with Gasteiger partial charge in [-0.15, -0.1) is 5.10 Å². The van der Waals surface area contributed by atoms with Gasteiger partial charge >= 0.3 is 0 Å². The SMILES string of the molecule is O=C(CSc1nnnn1CC1CCCO1)Nc1ccc(Br)cc1F. The number of benzene rings is 1. The van der Waals surface area contributed by atoms with Crippen molar-refractivity contribution in [1.82, 2.24) is 20.2 Å². The molecule has 0 aliphatic carbocycles. The summed E-state index contributed by atoms with van der Waals surface area (Å²) < 4.78 is 21.5. The maximum Gasteiger partial charge on any atom is 0.234 e. The van der Waals surface area contributed by atoms with Crippen molar-refractivity contribution in [2.24, 2.45) is 0 Å². The van der Waals surface area contributed by atoms with E-state index in [1.54, 1.807) is 10.7 Å². The Bertz CT molecular complexity index is 723. The Morgan fingerprint density at radius 1 is 1.54 bits per heavy atom. The molecule has 0 radical (unpaired) electrons. The number of hydrogen-bond acceptors (Lipinski definition) is 6. The fraction of sp³-hybridized carbons (Fsp3) is 0.429. The van der Waals surface area contributed by atoms with Crippen molar-refractivity contribution in [2.45, 2.75) is 30.6 Å². The van der Waals surface area contributed by atoms with E-state index in [1.807, 2.05) is 0 Å². The van der Waals surface area contributed by atoms with Crippen LogP contribution in [0.2, 0.25) is 0 Å². The number of tetrazole rings is 1. The van der Waals surface area contributed by atoms with Crippen LogP contribution in [0.1, 0.15) is 12.8 Å². The molecule has 0 spiro atoms. The van der Waals surface area contributed by atoms with E-state index < -0.39 is 5.82 Å². The topological polar surface area (TPSA) is 81.9 Å². The number of rotatable bonds is 6. The van der Waals surface area contributed by atoms with Gasteiger partial charge in [0.2, 0.25) is 11.1 Å². The van der Waals surface area contributed by atoms with E-state index in [9.17, 15) is 9.18 Å². The monoisotopic (exact) mass is 415 g/mol. The number of carbonyl (C=O) groups is 1. The molecular weight excluding hydrogens is 401 g/mol. The van der Waals surface area contributed by atoms with Crippen LogP contribution in [0.25, 0.3) is 0 Å². The zero-order valence-electron chi connectivity index (χ0n) is 12.6. The maximum absolute atomic E-state index is 13.7. The number of carbonyl (C=O) groups excluding carboxylic acids is 1. The van der Waals surface area contributed by atoms with E-state index in [-0.39, 0.29) is 23.5 Å². The molecule has 128 valence electrons. The summed E-state index contributed by atoms with van der Waals surface area (Å²) in [5, 5.41) is 14.6. The Hall–Kier alpha value is -1.52. The molecule has 2 aromatic rings. The maximum atomic E-state index is 13.7. The zero-order valence-corrected chi connectivity index (χ0v) is 15.0. The third-order valence-corrected chi connectivity index (χ3v) is 4.89. The summed E-state index contributed by atoms with van der Waals surface area (Å²) in [7, 11) is 0. The van der Waals surface area contributed by atoms with Crippen molar-refractivity contribution in [2.75, 3.05) is 17.7 Å².